The van der Waals surface area contributed by atoms with Gasteiger partial charge in [0.25, 0.3) is 0 Å². The van der Waals surface area contributed by atoms with Gasteiger partial charge in [-0.05, 0) is 24.5 Å². The van der Waals surface area contributed by atoms with Gasteiger partial charge in [-0.15, -0.1) is 0 Å². The van der Waals surface area contributed by atoms with Gasteiger partial charge in [0.2, 0.25) is 10.0 Å². The average molecular weight is 383 g/mol. The Morgan fingerprint density at radius 1 is 1.23 bits per heavy atom. The number of furan rings is 1. The number of hydrogen-bond donors (Lipinski definition) is 0. The molecule has 2 aromatic rings. The van der Waals surface area contributed by atoms with Crippen LogP contribution in [0.25, 0.3) is 0 Å². The highest BCUT2D eigenvalue weighted by Gasteiger charge is 2.37. The Bertz CT molecular complexity index is 908. The summed E-state index contributed by atoms with van der Waals surface area (Å²) in [4.78, 5) is -0.472. The Hall–Kier alpha value is -2.06. The maximum absolute atomic E-state index is 14.3. The molecule has 1 aromatic heterocycles. The van der Waals surface area contributed by atoms with Crippen molar-refractivity contribution in [2.24, 2.45) is 5.92 Å². The van der Waals surface area contributed by atoms with Crippen LogP contribution in [0, 0.1) is 11.7 Å². The zero-order valence-corrected chi connectivity index (χ0v) is 16.0. The lowest BCUT2D eigenvalue weighted by molar-refractivity contribution is 0.349. The lowest BCUT2D eigenvalue weighted by atomic mass is 10.3. The fourth-order valence-corrected chi connectivity index (χ4v) is 4.10. The van der Waals surface area contributed by atoms with E-state index >= 15 is 0 Å². The monoisotopic (exact) mass is 383 g/mol. The first-order valence-corrected chi connectivity index (χ1v) is 9.68. The second kappa shape index (κ2) is 6.92. The largest absolute Gasteiger partial charge is 0.493 e. The van der Waals surface area contributed by atoms with Gasteiger partial charge in [-0.3, -0.25) is 0 Å². The summed E-state index contributed by atoms with van der Waals surface area (Å²) in [5, 5.41) is 0. The highest BCUT2D eigenvalue weighted by Crippen LogP contribution is 2.47. The molecule has 0 spiro atoms. The fraction of sp³-hybridized carbons (Fsp3) is 0.444. The molecule has 2 atom stereocenters. The van der Waals surface area contributed by atoms with Gasteiger partial charge in [0.1, 0.15) is 22.2 Å². The zero-order valence-electron chi connectivity index (χ0n) is 15.2. The van der Waals surface area contributed by atoms with E-state index in [1.807, 2.05) is 6.07 Å². The first-order chi connectivity index (χ1) is 12.3. The third kappa shape index (κ3) is 3.43. The molecular weight excluding hydrogens is 361 g/mol. The van der Waals surface area contributed by atoms with Gasteiger partial charge in [0, 0.05) is 25.1 Å². The number of halogens is 1. The zero-order chi connectivity index (χ0) is 19.1. The normalized spacial score (nSPS) is 19.6. The molecule has 1 aliphatic rings. The van der Waals surface area contributed by atoms with Crippen molar-refractivity contribution in [3.05, 3.63) is 41.6 Å². The molecule has 142 valence electrons. The van der Waals surface area contributed by atoms with Crippen molar-refractivity contribution >= 4 is 10.0 Å². The van der Waals surface area contributed by atoms with Crippen LogP contribution in [0.5, 0.6) is 11.5 Å². The van der Waals surface area contributed by atoms with Crippen molar-refractivity contribution in [1.29, 1.82) is 0 Å². The molecule has 1 heterocycles. The third-order valence-corrected chi connectivity index (χ3v) is 6.48. The molecule has 1 aliphatic carbocycles. The maximum Gasteiger partial charge on any atom is 0.246 e. The summed E-state index contributed by atoms with van der Waals surface area (Å²) in [5.74, 6) is 1.76. The molecule has 1 aromatic carbocycles. The molecule has 26 heavy (non-hydrogen) atoms. The number of ether oxygens (including phenoxy) is 2. The molecule has 8 heteroatoms. The van der Waals surface area contributed by atoms with E-state index in [1.54, 1.807) is 6.07 Å². The third-order valence-electron chi connectivity index (χ3n) is 4.66. The maximum atomic E-state index is 14.3. The Morgan fingerprint density at radius 2 is 1.85 bits per heavy atom. The van der Waals surface area contributed by atoms with Crippen LogP contribution in [0.4, 0.5) is 4.39 Å². The topological polar surface area (TPSA) is 69.0 Å². The van der Waals surface area contributed by atoms with Crippen LogP contribution < -0.4 is 9.47 Å². The first-order valence-electron chi connectivity index (χ1n) is 8.24. The van der Waals surface area contributed by atoms with Crippen molar-refractivity contribution in [3.63, 3.8) is 0 Å². The van der Waals surface area contributed by atoms with Crippen LogP contribution in [0.1, 0.15) is 30.8 Å². The average Bonchev–Trinajstić information content (AvgIpc) is 3.15. The molecule has 1 saturated carbocycles. The van der Waals surface area contributed by atoms with Gasteiger partial charge in [0.05, 0.1) is 20.8 Å². The number of nitrogens with zero attached hydrogens (tertiary/aromatic N) is 1. The Kier molecular flexibility index (Phi) is 4.98. The molecule has 0 unspecified atom stereocenters. The predicted octanol–water partition coefficient (Wildman–Crippen LogP) is 3.38. The van der Waals surface area contributed by atoms with Gasteiger partial charge < -0.3 is 13.9 Å². The van der Waals surface area contributed by atoms with Gasteiger partial charge in [-0.2, -0.15) is 4.31 Å². The molecule has 6 nitrogen and oxygen atoms in total. The first kappa shape index (κ1) is 18.7. The molecule has 0 N–H and O–H groups in total. The van der Waals surface area contributed by atoms with Crippen LogP contribution in [-0.4, -0.2) is 34.0 Å². The van der Waals surface area contributed by atoms with E-state index in [4.69, 9.17) is 13.9 Å². The Labute approximate surface area is 152 Å². The van der Waals surface area contributed by atoms with E-state index in [-0.39, 0.29) is 18.0 Å². The Morgan fingerprint density at radius 3 is 2.42 bits per heavy atom. The fourth-order valence-electron chi connectivity index (χ4n) is 2.90. The minimum absolute atomic E-state index is 0.0111. The number of sulfonamides is 1. The van der Waals surface area contributed by atoms with Gasteiger partial charge >= 0.3 is 0 Å². The minimum Gasteiger partial charge on any atom is -0.493 e. The van der Waals surface area contributed by atoms with Gasteiger partial charge in [-0.25, -0.2) is 12.8 Å². The predicted molar refractivity (Wildman–Crippen MR) is 93.4 cm³/mol. The SMILES string of the molecule is COc1cc(F)c(S(=O)(=O)N(C)Cc2ccc([C@@H]3C[C@@H]3C)o2)cc1OC. The van der Waals surface area contributed by atoms with Crippen molar-refractivity contribution < 1.29 is 26.7 Å². The van der Waals surface area contributed by atoms with Crippen LogP contribution in [0.3, 0.4) is 0 Å². The van der Waals surface area contributed by atoms with E-state index < -0.39 is 20.7 Å². The van der Waals surface area contributed by atoms with Crippen molar-refractivity contribution in [2.45, 2.75) is 30.7 Å². The second-order valence-electron chi connectivity index (χ2n) is 6.52. The molecule has 0 bridgehead atoms. The van der Waals surface area contributed by atoms with Crippen molar-refractivity contribution in [2.75, 3.05) is 21.3 Å². The quantitative estimate of drug-likeness (QED) is 0.733. The van der Waals surface area contributed by atoms with Crippen LogP contribution in [-0.2, 0) is 16.6 Å². The molecule has 0 saturated heterocycles. The van der Waals surface area contributed by atoms with Crippen LogP contribution >= 0.6 is 0 Å². The molecule has 3 rings (SSSR count). The van der Waals surface area contributed by atoms with Crippen molar-refractivity contribution in [3.8, 4) is 11.5 Å². The molecule has 1 fully saturated rings. The summed E-state index contributed by atoms with van der Waals surface area (Å²) < 4.78 is 56.8. The van der Waals surface area contributed by atoms with Crippen LogP contribution in [0.15, 0.2) is 33.6 Å². The lowest BCUT2D eigenvalue weighted by Crippen LogP contribution is -2.27. The number of benzene rings is 1. The number of rotatable bonds is 7. The number of methoxy groups -OCH3 is 2. The smallest absolute Gasteiger partial charge is 0.246 e. The highest BCUT2D eigenvalue weighted by atomic mass is 32.2. The summed E-state index contributed by atoms with van der Waals surface area (Å²) in [6, 6.07) is 5.76. The standard InChI is InChI=1S/C18H22FNO5S/c1-11-7-13(11)15-6-5-12(25-15)10-20(2)26(21,22)18-9-17(24-4)16(23-3)8-14(18)19/h5-6,8-9,11,13H,7,10H2,1-4H3/t11-,13+/m0/s1. The molecular formula is C18H22FNO5S. The van der Waals surface area contributed by atoms with E-state index in [1.165, 1.54) is 21.3 Å². The molecule has 0 amide bonds. The van der Waals surface area contributed by atoms with E-state index in [0.29, 0.717) is 17.6 Å². The van der Waals surface area contributed by atoms with E-state index in [0.717, 1.165) is 28.6 Å². The van der Waals surface area contributed by atoms with Gasteiger partial charge in [0.15, 0.2) is 11.5 Å². The summed E-state index contributed by atoms with van der Waals surface area (Å²) in [6.45, 7) is 2.15. The highest BCUT2D eigenvalue weighted by molar-refractivity contribution is 7.89. The summed E-state index contributed by atoms with van der Waals surface area (Å²) >= 11 is 0. The minimum atomic E-state index is -4.07. The van der Waals surface area contributed by atoms with Gasteiger partial charge in [-0.1, -0.05) is 6.92 Å². The van der Waals surface area contributed by atoms with E-state index in [9.17, 15) is 12.8 Å². The molecule has 0 radical (unpaired) electrons. The summed E-state index contributed by atoms with van der Waals surface area (Å²) in [5.41, 5.74) is 0. The number of hydrogen-bond acceptors (Lipinski definition) is 5. The Balaban J connectivity index is 1.84. The second-order valence-corrected chi connectivity index (χ2v) is 8.54. The van der Waals surface area contributed by atoms with E-state index in [2.05, 4.69) is 6.92 Å². The van der Waals surface area contributed by atoms with Crippen LogP contribution in [0.2, 0.25) is 0 Å². The summed E-state index contributed by atoms with van der Waals surface area (Å²) in [6.07, 6.45) is 1.08. The lowest BCUT2D eigenvalue weighted by Gasteiger charge is -2.18. The van der Waals surface area contributed by atoms with Crippen molar-refractivity contribution in [1.82, 2.24) is 4.31 Å². The molecule has 0 aliphatic heterocycles. The summed E-state index contributed by atoms with van der Waals surface area (Å²) in [7, 11) is 0.0278.